The number of hydrogen-bond acceptors (Lipinski definition) is 1. The normalized spacial score (nSPS) is 12.4. The van der Waals surface area contributed by atoms with Gasteiger partial charge in [0, 0.05) is 30.0 Å². The summed E-state index contributed by atoms with van der Waals surface area (Å²) in [4.78, 5) is 4.15. The van der Waals surface area contributed by atoms with Gasteiger partial charge in [0.2, 0.25) is 0 Å². The Morgan fingerprint density at radius 3 is 2.48 bits per heavy atom. The van der Waals surface area contributed by atoms with Gasteiger partial charge in [-0.2, -0.15) is 13.2 Å². The van der Waals surface area contributed by atoms with Gasteiger partial charge < -0.3 is 4.57 Å². The van der Waals surface area contributed by atoms with Crippen molar-refractivity contribution in [3.05, 3.63) is 76.5 Å². The third kappa shape index (κ3) is 4.60. The van der Waals surface area contributed by atoms with Crippen molar-refractivity contribution < 1.29 is 13.2 Å². The third-order valence-electron chi connectivity index (χ3n) is 5.55. The second kappa shape index (κ2) is 8.74. The van der Waals surface area contributed by atoms with Crippen molar-refractivity contribution in [2.75, 3.05) is 7.05 Å². The highest BCUT2D eigenvalue weighted by Gasteiger charge is 2.31. The largest absolute Gasteiger partial charge is 0.416 e. The highest BCUT2D eigenvalue weighted by atomic mass is 19.4. The summed E-state index contributed by atoms with van der Waals surface area (Å²) in [6.45, 7) is 12.2. The highest BCUT2D eigenvalue weighted by molar-refractivity contribution is 5.94. The fourth-order valence-electron chi connectivity index (χ4n) is 4.13. The predicted octanol–water partition coefficient (Wildman–Crippen LogP) is 7.64. The van der Waals surface area contributed by atoms with E-state index in [1.54, 1.807) is 19.3 Å². The van der Waals surface area contributed by atoms with Crippen molar-refractivity contribution in [3.63, 3.8) is 0 Å². The van der Waals surface area contributed by atoms with E-state index in [2.05, 4.69) is 31.5 Å². The number of aliphatic imine (C=N–C) groups is 1. The first-order valence-electron chi connectivity index (χ1n) is 10.5. The average Bonchev–Trinajstić information content (AvgIpc) is 2.99. The van der Waals surface area contributed by atoms with Gasteiger partial charge >= 0.3 is 6.18 Å². The van der Waals surface area contributed by atoms with Crippen LogP contribution in [0.4, 0.5) is 13.2 Å². The van der Waals surface area contributed by atoms with Crippen molar-refractivity contribution >= 4 is 17.1 Å². The molecule has 1 heterocycles. The molecule has 0 aliphatic heterocycles. The molecule has 3 aromatic rings. The molecule has 0 bridgehead atoms. The Morgan fingerprint density at radius 1 is 1.19 bits per heavy atom. The molecule has 0 atom stereocenters. The van der Waals surface area contributed by atoms with Gasteiger partial charge in [-0.15, -0.1) is 6.58 Å². The van der Waals surface area contributed by atoms with E-state index in [0.717, 1.165) is 52.2 Å². The Hall–Kier alpha value is -2.82. The number of allylic oxidation sites excluding steroid dienone is 1. The van der Waals surface area contributed by atoms with Crippen LogP contribution in [0.5, 0.6) is 0 Å². The quantitative estimate of drug-likeness (QED) is 0.285. The summed E-state index contributed by atoms with van der Waals surface area (Å²) in [6, 6.07) is 9.75. The molecular formula is C26H29F3N2. The molecule has 0 N–H and O–H groups in total. The van der Waals surface area contributed by atoms with Crippen LogP contribution in [0.3, 0.4) is 0 Å². The molecule has 0 radical (unpaired) electrons. The molecule has 0 aliphatic rings. The summed E-state index contributed by atoms with van der Waals surface area (Å²) in [6.07, 6.45) is -0.970. The van der Waals surface area contributed by atoms with E-state index in [4.69, 9.17) is 0 Å². The molecule has 3 rings (SSSR count). The van der Waals surface area contributed by atoms with Crippen molar-refractivity contribution in [1.82, 2.24) is 4.57 Å². The fourth-order valence-corrected chi connectivity index (χ4v) is 4.13. The van der Waals surface area contributed by atoms with Crippen molar-refractivity contribution in [3.8, 4) is 5.69 Å². The number of hydrogen-bond donors (Lipinski definition) is 0. The van der Waals surface area contributed by atoms with Crippen LogP contribution in [0.25, 0.3) is 16.6 Å². The Labute approximate surface area is 182 Å². The van der Waals surface area contributed by atoms with Crippen LogP contribution in [0.2, 0.25) is 0 Å². The van der Waals surface area contributed by atoms with Gasteiger partial charge in [-0.3, -0.25) is 4.99 Å². The van der Waals surface area contributed by atoms with Gasteiger partial charge in [0.15, 0.2) is 0 Å². The standard InChI is InChI=1S/C26H29F3N2/c1-16(2)10-11-22-23-12-18(5)19(15-30-6)13-24(23)31(25(22)17(3)4)21-9-7-8-20(14-21)26(27,28)29/h7-9,12-15,17H,1,10-11H2,2-6H3. The molecule has 0 amide bonds. The second-order valence-electron chi connectivity index (χ2n) is 8.47. The van der Waals surface area contributed by atoms with Crippen LogP contribution >= 0.6 is 0 Å². The van der Waals surface area contributed by atoms with Crippen LogP contribution in [-0.2, 0) is 12.6 Å². The summed E-state index contributed by atoms with van der Waals surface area (Å²) in [5.41, 5.74) is 6.13. The van der Waals surface area contributed by atoms with Crippen LogP contribution in [0.15, 0.2) is 53.5 Å². The second-order valence-corrected chi connectivity index (χ2v) is 8.47. The zero-order valence-electron chi connectivity index (χ0n) is 18.8. The Morgan fingerprint density at radius 2 is 1.90 bits per heavy atom. The molecule has 0 saturated heterocycles. The Balaban J connectivity index is 2.41. The third-order valence-corrected chi connectivity index (χ3v) is 5.55. The monoisotopic (exact) mass is 426 g/mol. The number of fused-ring (bicyclic) bond motifs is 1. The van der Waals surface area contributed by atoms with Gasteiger partial charge in [-0.1, -0.05) is 25.5 Å². The summed E-state index contributed by atoms with van der Waals surface area (Å²) >= 11 is 0. The minimum absolute atomic E-state index is 0.130. The molecule has 0 fully saturated rings. The first-order chi connectivity index (χ1) is 14.5. The van der Waals surface area contributed by atoms with Gasteiger partial charge in [-0.25, -0.2) is 0 Å². The summed E-state index contributed by atoms with van der Waals surface area (Å²) in [7, 11) is 1.72. The average molecular weight is 427 g/mol. The van der Waals surface area contributed by atoms with E-state index in [0.29, 0.717) is 5.69 Å². The SMILES string of the molecule is C=C(C)CCc1c(C(C)C)n(-c2cccc(C(F)(F)F)c2)c2cc(C=NC)c(C)cc12. The van der Waals surface area contributed by atoms with E-state index >= 15 is 0 Å². The van der Waals surface area contributed by atoms with Crippen molar-refractivity contribution in [1.29, 1.82) is 0 Å². The van der Waals surface area contributed by atoms with E-state index in [1.807, 2.05) is 24.5 Å². The van der Waals surface area contributed by atoms with Crippen LogP contribution in [-0.4, -0.2) is 17.8 Å². The number of benzene rings is 2. The summed E-state index contributed by atoms with van der Waals surface area (Å²) in [5.74, 6) is 0.130. The zero-order chi connectivity index (χ0) is 22.9. The maximum Gasteiger partial charge on any atom is 0.416 e. The first kappa shape index (κ1) is 22.9. The molecule has 5 heteroatoms. The smallest absolute Gasteiger partial charge is 0.313 e. The van der Waals surface area contributed by atoms with E-state index in [1.165, 1.54) is 17.7 Å². The topological polar surface area (TPSA) is 17.3 Å². The maximum absolute atomic E-state index is 13.5. The van der Waals surface area contributed by atoms with E-state index < -0.39 is 11.7 Å². The van der Waals surface area contributed by atoms with Crippen LogP contribution < -0.4 is 0 Å². The Bertz CT molecular complexity index is 1150. The lowest BCUT2D eigenvalue weighted by Gasteiger charge is -2.17. The number of aryl methyl sites for hydroxylation is 2. The number of nitrogens with zero attached hydrogens (tertiary/aromatic N) is 2. The lowest BCUT2D eigenvalue weighted by atomic mass is 9.96. The minimum atomic E-state index is -4.39. The molecule has 31 heavy (non-hydrogen) atoms. The molecular weight excluding hydrogens is 397 g/mol. The number of alkyl halides is 3. The molecule has 0 aliphatic carbocycles. The summed E-state index contributed by atoms with van der Waals surface area (Å²) < 4.78 is 42.4. The fraction of sp³-hybridized carbons (Fsp3) is 0.346. The molecule has 164 valence electrons. The molecule has 2 nitrogen and oxygen atoms in total. The van der Waals surface area contributed by atoms with Gasteiger partial charge in [0.1, 0.15) is 0 Å². The lowest BCUT2D eigenvalue weighted by Crippen LogP contribution is -2.08. The van der Waals surface area contributed by atoms with Gasteiger partial charge in [-0.05, 0) is 79.6 Å². The van der Waals surface area contributed by atoms with Crippen molar-refractivity contribution in [2.24, 2.45) is 4.99 Å². The minimum Gasteiger partial charge on any atom is -0.313 e. The first-order valence-corrected chi connectivity index (χ1v) is 10.5. The van der Waals surface area contributed by atoms with Gasteiger partial charge in [0.25, 0.3) is 0 Å². The zero-order valence-corrected chi connectivity index (χ0v) is 18.8. The van der Waals surface area contributed by atoms with E-state index in [9.17, 15) is 13.2 Å². The lowest BCUT2D eigenvalue weighted by molar-refractivity contribution is -0.137. The molecule has 0 unspecified atom stereocenters. The van der Waals surface area contributed by atoms with E-state index in [-0.39, 0.29) is 5.92 Å². The van der Waals surface area contributed by atoms with Crippen molar-refractivity contribution in [2.45, 2.75) is 52.6 Å². The molecule has 0 saturated carbocycles. The highest BCUT2D eigenvalue weighted by Crippen LogP contribution is 2.38. The number of aromatic nitrogens is 1. The predicted molar refractivity (Wildman–Crippen MR) is 124 cm³/mol. The maximum atomic E-state index is 13.5. The summed E-state index contributed by atoms with van der Waals surface area (Å²) in [5, 5.41) is 1.08. The van der Waals surface area contributed by atoms with Crippen LogP contribution in [0, 0.1) is 6.92 Å². The van der Waals surface area contributed by atoms with Gasteiger partial charge in [0.05, 0.1) is 11.1 Å². The Kier molecular flexibility index (Phi) is 6.44. The number of rotatable bonds is 6. The number of halogens is 3. The molecule has 2 aromatic carbocycles. The molecule has 0 spiro atoms. The van der Waals surface area contributed by atoms with Crippen LogP contribution in [0.1, 0.15) is 61.1 Å². The molecule has 1 aromatic heterocycles.